The van der Waals surface area contributed by atoms with E-state index in [4.69, 9.17) is 14.2 Å². The monoisotopic (exact) mass is 358 g/mol. The molecular formula is C17H27ClN2O4. The Bertz CT molecular complexity index is 506. The van der Waals surface area contributed by atoms with E-state index in [0.717, 1.165) is 13.1 Å². The minimum atomic E-state index is -0.00328. The van der Waals surface area contributed by atoms with Gasteiger partial charge in [0.05, 0.1) is 19.8 Å². The summed E-state index contributed by atoms with van der Waals surface area (Å²) in [7, 11) is 0. The Hall–Kier alpha value is -1.66. The summed E-state index contributed by atoms with van der Waals surface area (Å²) in [6, 6.07) is 3.50. The smallest absolute Gasteiger partial charge is 0.254 e. The summed E-state index contributed by atoms with van der Waals surface area (Å²) in [6.07, 6.45) is 0. The van der Waals surface area contributed by atoms with Crippen LogP contribution in [0.15, 0.2) is 12.1 Å². The van der Waals surface area contributed by atoms with Gasteiger partial charge in [0.25, 0.3) is 5.91 Å². The summed E-state index contributed by atoms with van der Waals surface area (Å²) >= 11 is 0. The average Bonchev–Trinajstić information content (AvgIpc) is 2.58. The van der Waals surface area contributed by atoms with Crippen LogP contribution in [0.1, 0.15) is 31.1 Å². The molecule has 0 radical (unpaired) electrons. The maximum absolute atomic E-state index is 12.7. The predicted molar refractivity (Wildman–Crippen MR) is 96.0 cm³/mol. The molecule has 0 aliphatic carbocycles. The van der Waals surface area contributed by atoms with Crippen molar-refractivity contribution in [3.8, 4) is 17.2 Å². The van der Waals surface area contributed by atoms with Crippen molar-refractivity contribution in [3.05, 3.63) is 17.7 Å². The van der Waals surface area contributed by atoms with Gasteiger partial charge in [-0.3, -0.25) is 4.79 Å². The molecule has 0 atom stereocenters. The Labute approximate surface area is 149 Å². The normalized spacial score (nSPS) is 13.9. The lowest BCUT2D eigenvalue weighted by atomic mass is 10.1. The number of amides is 1. The number of hydrogen-bond donors (Lipinski definition) is 1. The molecule has 1 saturated heterocycles. The predicted octanol–water partition coefficient (Wildman–Crippen LogP) is 2.35. The number of halogens is 1. The van der Waals surface area contributed by atoms with E-state index in [1.165, 1.54) is 0 Å². The van der Waals surface area contributed by atoms with Gasteiger partial charge < -0.3 is 24.4 Å². The largest absolute Gasteiger partial charge is 0.490 e. The number of carbonyl (C=O) groups is 1. The third-order valence-electron chi connectivity index (χ3n) is 3.56. The quantitative estimate of drug-likeness (QED) is 0.810. The second kappa shape index (κ2) is 10.3. The zero-order valence-electron chi connectivity index (χ0n) is 14.6. The number of carbonyl (C=O) groups excluding carboxylic acids is 1. The van der Waals surface area contributed by atoms with Crippen LogP contribution in [0.4, 0.5) is 0 Å². The highest BCUT2D eigenvalue weighted by molar-refractivity contribution is 5.95. The Morgan fingerprint density at radius 2 is 1.50 bits per heavy atom. The van der Waals surface area contributed by atoms with E-state index in [2.05, 4.69) is 5.32 Å². The van der Waals surface area contributed by atoms with Crippen LogP contribution in [-0.4, -0.2) is 56.8 Å². The summed E-state index contributed by atoms with van der Waals surface area (Å²) in [5.41, 5.74) is 0.572. The Balaban J connectivity index is 0.00000288. The fraction of sp³-hybridized carbons (Fsp3) is 0.588. The molecule has 0 saturated carbocycles. The first kappa shape index (κ1) is 20.4. The van der Waals surface area contributed by atoms with Crippen molar-refractivity contribution < 1.29 is 19.0 Å². The number of benzene rings is 1. The summed E-state index contributed by atoms with van der Waals surface area (Å²) in [5, 5.41) is 3.25. The molecule has 24 heavy (non-hydrogen) atoms. The molecule has 1 fully saturated rings. The van der Waals surface area contributed by atoms with E-state index < -0.39 is 0 Å². The lowest BCUT2D eigenvalue weighted by Gasteiger charge is -2.28. The molecular weight excluding hydrogens is 332 g/mol. The first-order valence-corrected chi connectivity index (χ1v) is 8.27. The van der Waals surface area contributed by atoms with Gasteiger partial charge >= 0.3 is 0 Å². The Kier molecular flexibility index (Phi) is 8.71. The van der Waals surface area contributed by atoms with E-state index in [-0.39, 0.29) is 18.3 Å². The molecule has 1 N–H and O–H groups in total. The van der Waals surface area contributed by atoms with Crippen molar-refractivity contribution in [2.24, 2.45) is 0 Å². The zero-order valence-corrected chi connectivity index (χ0v) is 15.4. The van der Waals surface area contributed by atoms with Gasteiger partial charge in [-0.1, -0.05) is 0 Å². The molecule has 0 unspecified atom stereocenters. The van der Waals surface area contributed by atoms with Crippen molar-refractivity contribution in [1.29, 1.82) is 0 Å². The van der Waals surface area contributed by atoms with Crippen LogP contribution in [0.3, 0.4) is 0 Å². The number of hydrogen-bond acceptors (Lipinski definition) is 5. The summed E-state index contributed by atoms with van der Waals surface area (Å²) in [6.45, 7) is 10.3. The van der Waals surface area contributed by atoms with Crippen molar-refractivity contribution in [2.75, 3.05) is 46.0 Å². The van der Waals surface area contributed by atoms with Gasteiger partial charge in [0.2, 0.25) is 5.75 Å². The molecule has 0 aromatic heterocycles. The first-order chi connectivity index (χ1) is 11.2. The number of ether oxygens (including phenoxy) is 3. The maximum Gasteiger partial charge on any atom is 0.254 e. The number of piperazine rings is 1. The fourth-order valence-electron chi connectivity index (χ4n) is 2.56. The van der Waals surface area contributed by atoms with Gasteiger partial charge in [0.15, 0.2) is 11.5 Å². The van der Waals surface area contributed by atoms with Crippen molar-refractivity contribution in [3.63, 3.8) is 0 Å². The molecule has 0 bridgehead atoms. The van der Waals surface area contributed by atoms with E-state index >= 15 is 0 Å². The minimum absolute atomic E-state index is 0. The standard InChI is InChI=1S/C17H26N2O4.ClH/c1-4-21-14-11-13(17(20)19-9-7-18-8-10-19)12-15(22-5-2)16(14)23-6-3;/h11-12,18H,4-10H2,1-3H3;1H. The minimum Gasteiger partial charge on any atom is -0.490 e. The molecule has 1 aromatic rings. The summed E-state index contributed by atoms with van der Waals surface area (Å²) < 4.78 is 17.0. The molecule has 7 heteroatoms. The van der Waals surface area contributed by atoms with Gasteiger partial charge in [-0.2, -0.15) is 0 Å². The summed E-state index contributed by atoms with van der Waals surface area (Å²) in [5.74, 6) is 1.67. The molecule has 1 aromatic carbocycles. The van der Waals surface area contributed by atoms with E-state index in [1.54, 1.807) is 12.1 Å². The molecule has 136 valence electrons. The summed E-state index contributed by atoms with van der Waals surface area (Å²) in [4.78, 5) is 14.6. The highest BCUT2D eigenvalue weighted by Gasteiger charge is 2.22. The molecule has 1 aliphatic rings. The van der Waals surface area contributed by atoms with Gasteiger partial charge in [0, 0.05) is 31.7 Å². The number of nitrogens with one attached hydrogen (secondary N) is 1. The van der Waals surface area contributed by atoms with Crippen LogP contribution >= 0.6 is 12.4 Å². The first-order valence-electron chi connectivity index (χ1n) is 8.27. The van der Waals surface area contributed by atoms with Gasteiger partial charge in [-0.15, -0.1) is 12.4 Å². The Morgan fingerprint density at radius 1 is 1.00 bits per heavy atom. The van der Waals surface area contributed by atoms with Crippen LogP contribution in [0.2, 0.25) is 0 Å². The van der Waals surface area contributed by atoms with Gasteiger partial charge in [0.1, 0.15) is 0 Å². The van der Waals surface area contributed by atoms with E-state index in [9.17, 15) is 4.79 Å². The lowest BCUT2D eigenvalue weighted by molar-refractivity contribution is 0.0734. The van der Waals surface area contributed by atoms with Gasteiger partial charge in [-0.05, 0) is 32.9 Å². The Morgan fingerprint density at radius 3 is 1.96 bits per heavy atom. The highest BCUT2D eigenvalue weighted by Crippen LogP contribution is 2.39. The van der Waals surface area contributed by atoms with Crippen LogP contribution in [0.25, 0.3) is 0 Å². The van der Waals surface area contributed by atoms with E-state index in [0.29, 0.717) is 55.7 Å². The van der Waals surface area contributed by atoms with Crippen molar-refractivity contribution in [1.82, 2.24) is 10.2 Å². The zero-order chi connectivity index (χ0) is 16.7. The van der Waals surface area contributed by atoms with Gasteiger partial charge in [-0.25, -0.2) is 0 Å². The highest BCUT2D eigenvalue weighted by atomic mass is 35.5. The molecule has 1 heterocycles. The third-order valence-corrected chi connectivity index (χ3v) is 3.56. The SMILES string of the molecule is CCOc1cc(C(=O)N2CCNCC2)cc(OCC)c1OCC.Cl. The fourth-order valence-corrected chi connectivity index (χ4v) is 2.56. The molecule has 6 nitrogen and oxygen atoms in total. The third kappa shape index (κ3) is 4.92. The lowest BCUT2D eigenvalue weighted by Crippen LogP contribution is -2.46. The molecule has 2 rings (SSSR count). The second-order valence-electron chi connectivity index (χ2n) is 5.14. The van der Waals surface area contributed by atoms with Crippen LogP contribution in [-0.2, 0) is 0 Å². The van der Waals surface area contributed by atoms with Crippen LogP contribution in [0, 0.1) is 0 Å². The maximum atomic E-state index is 12.7. The van der Waals surface area contributed by atoms with Crippen LogP contribution in [0.5, 0.6) is 17.2 Å². The molecule has 1 amide bonds. The molecule has 0 spiro atoms. The van der Waals surface area contributed by atoms with Crippen LogP contribution < -0.4 is 19.5 Å². The second-order valence-corrected chi connectivity index (χ2v) is 5.14. The van der Waals surface area contributed by atoms with Crippen molar-refractivity contribution >= 4 is 18.3 Å². The van der Waals surface area contributed by atoms with Crippen molar-refractivity contribution in [2.45, 2.75) is 20.8 Å². The number of nitrogens with zero attached hydrogens (tertiary/aromatic N) is 1. The average molecular weight is 359 g/mol. The topological polar surface area (TPSA) is 60.0 Å². The molecule has 1 aliphatic heterocycles. The van der Waals surface area contributed by atoms with E-state index in [1.807, 2.05) is 25.7 Å². The number of rotatable bonds is 7.